The number of hydrogen-bond acceptors (Lipinski definition) is 1. The molecule has 0 spiro atoms. The quantitative estimate of drug-likeness (QED) is 0.827. The Morgan fingerprint density at radius 2 is 1.65 bits per heavy atom. The van der Waals surface area contributed by atoms with Gasteiger partial charge in [0, 0.05) is 16.1 Å². The summed E-state index contributed by atoms with van der Waals surface area (Å²) in [4.78, 5) is 0. The molecule has 0 aliphatic rings. The molecule has 106 valence electrons. The summed E-state index contributed by atoms with van der Waals surface area (Å²) in [6, 6.07) is 12.5. The molecule has 0 heterocycles. The van der Waals surface area contributed by atoms with Crippen molar-refractivity contribution in [2.24, 2.45) is 0 Å². The summed E-state index contributed by atoms with van der Waals surface area (Å²) in [5.41, 5.74) is 4.89. The van der Waals surface area contributed by atoms with Gasteiger partial charge in [-0.05, 0) is 67.8 Å². The van der Waals surface area contributed by atoms with E-state index in [0.717, 1.165) is 22.0 Å². The molecule has 0 saturated carbocycles. The van der Waals surface area contributed by atoms with Crippen LogP contribution in [0.2, 0.25) is 10.0 Å². The zero-order valence-corrected chi connectivity index (χ0v) is 13.5. The maximum Gasteiger partial charge on any atom is 0.0438 e. The molecule has 1 unspecified atom stereocenters. The van der Waals surface area contributed by atoms with Crippen molar-refractivity contribution in [2.75, 3.05) is 7.05 Å². The number of benzene rings is 2. The number of nitrogens with one attached hydrogen (secondary N) is 1. The van der Waals surface area contributed by atoms with E-state index in [1.54, 1.807) is 0 Å². The van der Waals surface area contributed by atoms with E-state index in [2.05, 4.69) is 30.4 Å². The number of hydrogen-bond donors (Lipinski definition) is 1. The van der Waals surface area contributed by atoms with Gasteiger partial charge in [0.25, 0.3) is 0 Å². The molecule has 1 N–H and O–H groups in total. The first-order chi connectivity index (χ1) is 9.51. The third-order valence-corrected chi connectivity index (χ3v) is 4.28. The maximum absolute atomic E-state index is 6.18. The fourth-order valence-electron chi connectivity index (χ4n) is 2.40. The van der Waals surface area contributed by atoms with Crippen molar-refractivity contribution >= 4 is 23.2 Å². The molecule has 0 radical (unpaired) electrons. The van der Waals surface area contributed by atoms with Crippen molar-refractivity contribution in [1.82, 2.24) is 5.32 Å². The Morgan fingerprint density at radius 3 is 2.25 bits per heavy atom. The highest BCUT2D eigenvalue weighted by molar-refractivity contribution is 6.31. The fraction of sp³-hybridized carbons (Fsp3) is 0.294. The summed E-state index contributed by atoms with van der Waals surface area (Å²) in [6.07, 6.45) is 0.926. The molecule has 1 nitrogen and oxygen atoms in total. The molecule has 0 aliphatic heterocycles. The minimum Gasteiger partial charge on any atom is -0.313 e. The van der Waals surface area contributed by atoms with Crippen LogP contribution in [0.5, 0.6) is 0 Å². The highest BCUT2D eigenvalue weighted by Crippen LogP contribution is 2.27. The van der Waals surface area contributed by atoms with Gasteiger partial charge in [-0.25, -0.2) is 0 Å². The van der Waals surface area contributed by atoms with Crippen LogP contribution in [0, 0.1) is 13.8 Å². The van der Waals surface area contributed by atoms with Crippen LogP contribution in [0.4, 0.5) is 0 Å². The van der Waals surface area contributed by atoms with Gasteiger partial charge in [-0.1, -0.05) is 41.4 Å². The lowest BCUT2D eigenvalue weighted by atomic mass is 9.94. The maximum atomic E-state index is 6.18. The van der Waals surface area contributed by atoms with Crippen LogP contribution in [0.3, 0.4) is 0 Å². The summed E-state index contributed by atoms with van der Waals surface area (Å²) in [5, 5.41) is 4.99. The van der Waals surface area contributed by atoms with E-state index in [1.165, 1.54) is 16.7 Å². The summed E-state index contributed by atoms with van der Waals surface area (Å²) < 4.78 is 0. The Bertz CT molecular complexity index is 591. The molecule has 0 amide bonds. The molecular formula is C17H19Cl2N. The molecular weight excluding hydrogens is 289 g/mol. The molecule has 3 heteroatoms. The lowest BCUT2D eigenvalue weighted by molar-refractivity contribution is 0.588. The second kappa shape index (κ2) is 6.62. The SMILES string of the molecule is CNC(Cc1ccc(Cl)cc1)c1cc(C)c(Cl)cc1C. The zero-order valence-electron chi connectivity index (χ0n) is 12.0. The smallest absolute Gasteiger partial charge is 0.0438 e. The van der Waals surface area contributed by atoms with Crippen LogP contribution in [-0.2, 0) is 6.42 Å². The van der Waals surface area contributed by atoms with E-state index in [0.29, 0.717) is 0 Å². The van der Waals surface area contributed by atoms with Gasteiger partial charge in [0.15, 0.2) is 0 Å². The van der Waals surface area contributed by atoms with E-state index < -0.39 is 0 Å². The average molecular weight is 308 g/mol. The lowest BCUT2D eigenvalue weighted by Crippen LogP contribution is -2.20. The second-order valence-corrected chi connectivity index (χ2v) is 5.97. The lowest BCUT2D eigenvalue weighted by Gasteiger charge is -2.20. The number of likely N-dealkylation sites (N-methyl/N-ethyl adjacent to an activating group) is 1. The summed E-state index contributed by atoms with van der Waals surface area (Å²) in [7, 11) is 1.99. The van der Waals surface area contributed by atoms with Gasteiger partial charge in [-0.2, -0.15) is 0 Å². The highest BCUT2D eigenvalue weighted by Gasteiger charge is 2.14. The molecule has 0 aliphatic carbocycles. The van der Waals surface area contributed by atoms with Crippen LogP contribution >= 0.6 is 23.2 Å². The second-order valence-electron chi connectivity index (χ2n) is 5.13. The molecule has 2 rings (SSSR count). The van der Waals surface area contributed by atoms with Crippen molar-refractivity contribution in [3.63, 3.8) is 0 Å². The van der Waals surface area contributed by atoms with Crippen LogP contribution in [-0.4, -0.2) is 7.05 Å². The van der Waals surface area contributed by atoms with E-state index in [4.69, 9.17) is 23.2 Å². The molecule has 0 saturated heterocycles. The first-order valence-electron chi connectivity index (χ1n) is 6.69. The van der Waals surface area contributed by atoms with Crippen LogP contribution in [0.25, 0.3) is 0 Å². The van der Waals surface area contributed by atoms with Gasteiger partial charge in [0.2, 0.25) is 0 Å². The van der Waals surface area contributed by atoms with Gasteiger partial charge < -0.3 is 5.32 Å². The molecule has 2 aromatic carbocycles. The van der Waals surface area contributed by atoms with E-state index >= 15 is 0 Å². The molecule has 0 fully saturated rings. The first kappa shape index (κ1) is 15.4. The number of rotatable bonds is 4. The number of aryl methyl sites for hydroxylation is 2. The molecule has 1 atom stereocenters. The predicted octanol–water partition coefficient (Wildman–Crippen LogP) is 5.11. The van der Waals surface area contributed by atoms with Gasteiger partial charge >= 0.3 is 0 Å². The Balaban J connectivity index is 2.28. The molecule has 0 aromatic heterocycles. The fourth-order valence-corrected chi connectivity index (χ4v) is 2.75. The monoisotopic (exact) mass is 307 g/mol. The Morgan fingerprint density at radius 1 is 1.00 bits per heavy atom. The largest absolute Gasteiger partial charge is 0.313 e. The zero-order chi connectivity index (χ0) is 14.7. The highest BCUT2D eigenvalue weighted by atomic mass is 35.5. The van der Waals surface area contributed by atoms with Crippen LogP contribution in [0.15, 0.2) is 36.4 Å². The van der Waals surface area contributed by atoms with Gasteiger partial charge in [0.1, 0.15) is 0 Å². The Labute approximate surface area is 130 Å². The summed E-state index contributed by atoms with van der Waals surface area (Å²) >= 11 is 12.1. The molecule has 2 aromatic rings. The normalized spacial score (nSPS) is 12.4. The topological polar surface area (TPSA) is 12.0 Å². The standard InChI is InChI=1S/C17H19Cl2N/c1-11-9-16(19)12(2)8-15(11)17(20-3)10-13-4-6-14(18)7-5-13/h4-9,17,20H,10H2,1-3H3. The van der Waals surface area contributed by atoms with E-state index in [9.17, 15) is 0 Å². The van der Waals surface area contributed by atoms with Crippen molar-refractivity contribution < 1.29 is 0 Å². The van der Waals surface area contributed by atoms with Crippen molar-refractivity contribution in [3.05, 3.63) is 68.7 Å². The van der Waals surface area contributed by atoms with E-state index in [1.807, 2.05) is 32.2 Å². The van der Waals surface area contributed by atoms with Crippen LogP contribution < -0.4 is 5.32 Å². The van der Waals surface area contributed by atoms with Crippen LogP contribution in [0.1, 0.15) is 28.3 Å². The minimum absolute atomic E-state index is 0.271. The van der Waals surface area contributed by atoms with Crippen molar-refractivity contribution in [3.8, 4) is 0 Å². The summed E-state index contributed by atoms with van der Waals surface area (Å²) in [5.74, 6) is 0. The molecule has 0 bridgehead atoms. The van der Waals surface area contributed by atoms with Gasteiger partial charge in [-0.15, -0.1) is 0 Å². The third kappa shape index (κ3) is 3.54. The summed E-state index contributed by atoms with van der Waals surface area (Å²) in [6.45, 7) is 4.15. The third-order valence-electron chi connectivity index (χ3n) is 3.62. The minimum atomic E-state index is 0.271. The molecule has 20 heavy (non-hydrogen) atoms. The van der Waals surface area contributed by atoms with Gasteiger partial charge in [0.05, 0.1) is 0 Å². The van der Waals surface area contributed by atoms with Crippen molar-refractivity contribution in [2.45, 2.75) is 26.3 Å². The Kier molecular flexibility index (Phi) is 5.09. The van der Waals surface area contributed by atoms with Crippen molar-refractivity contribution in [1.29, 1.82) is 0 Å². The predicted molar refractivity (Wildman–Crippen MR) is 87.9 cm³/mol. The first-order valence-corrected chi connectivity index (χ1v) is 7.45. The Hall–Kier alpha value is -1.02. The van der Waals surface area contributed by atoms with Gasteiger partial charge in [-0.3, -0.25) is 0 Å². The average Bonchev–Trinajstić information content (AvgIpc) is 2.43. The number of halogens is 2. The van der Waals surface area contributed by atoms with E-state index in [-0.39, 0.29) is 6.04 Å².